The van der Waals surface area contributed by atoms with E-state index < -0.39 is 0 Å². The van der Waals surface area contributed by atoms with Gasteiger partial charge in [0.15, 0.2) is 11.5 Å². The molecule has 1 aliphatic carbocycles. The minimum atomic E-state index is -0.0707. The van der Waals surface area contributed by atoms with Crippen molar-refractivity contribution in [1.82, 2.24) is 9.88 Å². The standard InChI is InChI=1S/C32H34N2O3/c1-22-9-15-28-26(19-22)21-29(24-7-5-4-6-8-24)34(28)27-13-11-25(12-14-27)32(35)33-18-17-23-10-16-30(36-2)31(20-23)37-3/h4-8,10-14,16,20-22H,9,15,17-19H2,1-3H3,(H,33,35)/t22-/m0/s1. The fourth-order valence-electron chi connectivity index (χ4n) is 5.25. The van der Waals surface area contributed by atoms with Crippen molar-refractivity contribution in [3.8, 4) is 28.4 Å². The summed E-state index contributed by atoms with van der Waals surface area (Å²) in [7, 11) is 3.25. The molecule has 1 amide bonds. The number of methoxy groups -OCH3 is 2. The fourth-order valence-corrected chi connectivity index (χ4v) is 5.25. The van der Waals surface area contributed by atoms with Crippen LogP contribution in [0.3, 0.4) is 0 Å². The van der Waals surface area contributed by atoms with Gasteiger partial charge in [-0.3, -0.25) is 4.79 Å². The Morgan fingerprint density at radius 1 is 0.946 bits per heavy atom. The molecule has 1 atom stereocenters. The summed E-state index contributed by atoms with van der Waals surface area (Å²) in [5.41, 5.74) is 8.09. The predicted molar refractivity (Wildman–Crippen MR) is 148 cm³/mol. The van der Waals surface area contributed by atoms with Gasteiger partial charge in [-0.05, 0) is 90.8 Å². The molecule has 190 valence electrons. The lowest BCUT2D eigenvalue weighted by Crippen LogP contribution is -2.25. The van der Waals surface area contributed by atoms with Gasteiger partial charge in [-0.25, -0.2) is 0 Å². The van der Waals surface area contributed by atoms with Crippen LogP contribution in [-0.4, -0.2) is 31.2 Å². The molecule has 0 unspecified atom stereocenters. The number of amides is 1. The maximum atomic E-state index is 12.9. The van der Waals surface area contributed by atoms with Gasteiger partial charge < -0.3 is 19.4 Å². The first kappa shape index (κ1) is 24.7. The van der Waals surface area contributed by atoms with E-state index in [1.807, 2.05) is 30.3 Å². The third-order valence-corrected chi connectivity index (χ3v) is 7.24. The first-order chi connectivity index (χ1) is 18.1. The largest absolute Gasteiger partial charge is 0.493 e. The van der Waals surface area contributed by atoms with Crippen LogP contribution in [0.4, 0.5) is 0 Å². The highest BCUT2D eigenvalue weighted by Gasteiger charge is 2.23. The molecule has 0 saturated carbocycles. The highest BCUT2D eigenvalue weighted by molar-refractivity contribution is 5.94. The monoisotopic (exact) mass is 494 g/mol. The van der Waals surface area contributed by atoms with Gasteiger partial charge >= 0.3 is 0 Å². The SMILES string of the molecule is COc1ccc(CCNC(=O)c2ccc(-n3c(-c4ccccc4)cc4c3CC[C@H](C)C4)cc2)cc1OC. The predicted octanol–water partition coefficient (Wildman–Crippen LogP) is 6.26. The Morgan fingerprint density at radius 2 is 1.70 bits per heavy atom. The number of hydrogen-bond donors (Lipinski definition) is 1. The number of nitrogens with zero attached hydrogens (tertiary/aromatic N) is 1. The van der Waals surface area contributed by atoms with Gasteiger partial charge in [0.25, 0.3) is 5.91 Å². The van der Waals surface area contributed by atoms with Crippen LogP contribution in [-0.2, 0) is 19.3 Å². The van der Waals surface area contributed by atoms with Crippen molar-refractivity contribution in [2.45, 2.75) is 32.6 Å². The molecule has 5 rings (SSSR count). The Bertz CT molecular complexity index is 1370. The molecule has 4 aromatic rings. The van der Waals surface area contributed by atoms with E-state index in [0.29, 0.717) is 35.9 Å². The van der Waals surface area contributed by atoms with Crippen LogP contribution in [0.2, 0.25) is 0 Å². The Morgan fingerprint density at radius 3 is 2.43 bits per heavy atom. The van der Waals surface area contributed by atoms with E-state index in [4.69, 9.17) is 9.47 Å². The van der Waals surface area contributed by atoms with Crippen LogP contribution in [0.1, 0.15) is 40.5 Å². The van der Waals surface area contributed by atoms with Crippen molar-refractivity contribution < 1.29 is 14.3 Å². The summed E-state index contributed by atoms with van der Waals surface area (Å²) in [6, 6.07) is 26.7. The van der Waals surface area contributed by atoms with E-state index in [1.54, 1.807) is 14.2 Å². The van der Waals surface area contributed by atoms with Crippen molar-refractivity contribution in [1.29, 1.82) is 0 Å². The molecule has 1 aliphatic rings. The number of fused-ring (bicyclic) bond motifs is 1. The average molecular weight is 495 g/mol. The minimum Gasteiger partial charge on any atom is -0.493 e. The Kier molecular flexibility index (Phi) is 7.31. The molecule has 0 fully saturated rings. The zero-order valence-corrected chi connectivity index (χ0v) is 21.8. The zero-order chi connectivity index (χ0) is 25.8. The van der Waals surface area contributed by atoms with Gasteiger partial charge in [-0.15, -0.1) is 0 Å². The number of carbonyl (C=O) groups excluding carboxylic acids is 1. The molecule has 0 radical (unpaired) electrons. The smallest absolute Gasteiger partial charge is 0.251 e. The number of carbonyl (C=O) groups is 1. The second-order valence-corrected chi connectivity index (χ2v) is 9.79. The van der Waals surface area contributed by atoms with E-state index in [0.717, 1.165) is 24.1 Å². The van der Waals surface area contributed by atoms with Crippen LogP contribution >= 0.6 is 0 Å². The second-order valence-electron chi connectivity index (χ2n) is 9.79. The van der Waals surface area contributed by atoms with Gasteiger partial charge in [0.1, 0.15) is 0 Å². The molecule has 1 heterocycles. The van der Waals surface area contributed by atoms with Gasteiger partial charge in [0.05, 0.1) is 19.9 Å². The third kappa shape index (κ3) is 5.26. The van der Waals surface area contributed by atoms with Gasteiger partial charge in [-0.2, -0.15) is 0 Å². The summed E-state index contributed by atoms with van der Waals surface area (Å²) in [5.74, 6) is 2.03. The van der Waals surface area contributed by atoms with Crippen LogP contribution in [0.25, 0.3) is 16.9 Å². The molecule has 5 nitrogen and oxygen atoms in total. The molecular formula is C32H34N2O3. The zero-order valence-electron chi connectivity index (χ0n) is 21.8. The van der Waals surface area contributed by atoms with E-state index in [9.17, 15) is 4.79 Å². The summed E-state index contributed by atoms with van der Waals surface area (Å²) in [4.78, 5) is 12.9. The summed E-state index contributed by atoms with van der Waals surface area (Å²) in [6.07, 6.45) is 4.09. The molecule has 5 heteroatoms. The molecule has 0 bridgehead atoms. The average Bonchev–Trinajstić information content (AvgIpc) is 3.32. The van der Waals surface area contributed by atoms with Gasteiger partial charge in [0.2, 0.25) is 0 Å². The van der Waals surface area contributed by atoms with E-state index in [2.05, 4.69) is 65.3 Å². The maximum Gasteiger partial charge on any atom is 0.251 e. The van der Waals surface area contributed by atoms with Crippen molar-refractivity contribution in [3.63, 3.8) is 0 Å². The summed E-state index contributed by atoms with van der Waals surface area (Å²) >= 11 is 0. The first-order valence-electron chi connectivity index (χ1n) is 13.0. The number of rotatable bonds is 8. The van der Waals surface area contributed by atoms with E-state index in [1.165, 1.54) is 28.9 Å². The van der Waals surface area contributed by atoms with Gasteiger partial charge in [0, 0.05) is 23.5 Å². The number of aromatic nitrogens is 1. The molecule has 37 heavy (non-hydrogen) atoms. The number of hydrogen-bond acceptors (Lipinski definition) is 3. The molecule has 1 N–H and O–H groups in total. The van der Waals surface area contributed by atoms with E-state index in [-0.39, 0.29) is 5.91 Å². The fraction of sp³-hybridized carbons (Fsp3) is 0.281. The second kappa shape index (κ2) is 11.0. The lowest BCUT2D eigenvalue weighted by Gasteiger charge is -2.21. The number of ether oxygens (including phenoxy) is 2. The van der Waals surface area contributed by atoms with Crippen LogP contribution in [0, 0.1) is 5.92 Å². The van der Waals surface area contributed by atoms with Crippen LogP contribution in [0.15, 0.2) is 78.9 Å². The molecule has 1 aromatic heterocycles. The van der Waals surface area contributed by atoms with E-state index >= 15 is 0 Å². The maximum absolute atomic E-state index is 12.9. The van der Waals surface area contributed by atoms with Crippen molar-refractivity contribution in [2.24, 2.45) is 5.92 Å². The lowest BCUT2D eigenvalue weighted by molar-refractivity contribution is 0.0954. The van der Waals surface area contributed by atoms with Crippen molar-refractivity contribution >= 4 is 5.91 Å². The highest BCUT2D eigenvalue weighted by atomic mass is 16.5. The van der Waals surface area contributed by atoms with Gasteiger partial charge in [-0.1, -0.05) is 43.3 Å². The molecule has 3 aromatic carbocycles. The summed E-state index contributed by atoms with van der Waals surface area (Å²) < 4.78 is 13.1. The molecule has 0 spiro atoms. The topological polar surface area (TPSA) is 52.5 Å². The minimum absolute atomic E-state index is 0.0707. The number of nitrogens with one attached hydrogen (secondary N) is 1. The quantitative estimate of drug-likeness (QED) is 0.315. The van der Waals surface area contributed by atoms with Crippen molar-refractivity contribution in [3.05, 3.63) is 101 Å². The molecule has 0 aliphatic heterocycles. The van der Waals surface area contributed by atoms with Crippen molar-refractivity contribution in [2.75, 3.05) is 20.8 Å². The molecular weight excluding hydrogens is 460 g/mol. The first-order valence-corrected chi connectivity index (χ1v) is 13.0. The highest BCUT2D eigenvalue weighted by Crippen LogP contribution is 2.35. The third-order valence-electron chi connectivity index (χ3n) is 7.24. The van der Waals surface area contributed by atoms with Crippen LogP contribution < -0.4 is 14.8 Å². The summed E-state index contributed by atoms with van der Waals surface area (Å²) in [5, 5.41) is 3.04. The Hall–Kier alpha value is -3.99. The van der Waals surface area contributed by atoms with Crippen LogP contribution in [0.5, 0.6) is 11.5 Å². The summed E-state index contributed by atoms with van der Waals surface area (Å²) in [6.45, 7) is 2.87. The lowest BCUT2D eigenvalue weighted by atomic mass is 9.89. The Labute approximate surface area is 219 Å². The molecule has 0 saturated heterocycles. The Balaban J connectivity index is 1.32. The number of benzene rings is 3. The normalized spacial score (nSPS) is 14.6.